The maximum absolute atomic E-state index is 14.8. The van der Waals surface area contributed by atoms with E-state index in [2.05, 4.69) is 56.1 Å². The van der Waals surface area contributed by atoms with Crippen LogP contribution in [-0.4, -0.2) is 100 Å². The Bertz CT molecular complexity index is 2110. The Kier molecular flexibility index (Phi) is 9.73. The molecule has 2 unspecified atom stereocenters. The van der Waals surface area contributed by atoms with Crippen molar-refractivity contribution in [2.75, 3.05) is 44.6 Å². The fourth-order valence-corrected chi connectivity index (χ4v) is 6.12. The first kappa shape index (κ1) is 34.2. The van der Waals surface area contributed by atoms with Gasteiger partial charge in [-0.05, 0) is 31.5 Å². The molecule has 2 saturated heterocycles. The van der Waals surface area contributed by atoms with Gasteiger partial charge in [0.05, 0.1) is 40.7 Å². The van der Waals surface area contributed by atoms with E-state index in [-0.39, 0.29) is 26.1 Å². The van der Waals surface area contributed by atoms with Gasteiger partial charge in [-0.15, -0.1) is 0 Å². The molecule has 2 fully saturated rings. The molecule has 14 nitrogen and oxygen atoms in total. The minimum Gasteiger partial charge on any atom is -0.473 e. The Hall–Kier alpha value is -5.29. The molecular weight excluding hydrogens is 663 g/mol. The standard InChI is InChI=1S/C17H19F2N7.C17H19FN6O/c1-26-10-11(7-24-26)13-6-14-15(22-5-4-21-14)16(25-13)23-9-12-8-20-3-2-17(12,18)19;1-24-9-12(8-22-24)13-7-14-15(21-6-5-20-14)16(23-13)25-11-17(18)3-2-4-19-10-17/h4-7,10,12,20H,2-3,8-9H2,1H3,(H,23,25);5-9,19H,2-4,10-11H2,1H3. The maximum atomic E-state index is 14.8. The minimum atomic E-state index is -2.69. The van der Waals surface area contributed by atoms with Crippen molar-refractivity contribution in [1.82, 2.24) is 60.1 Å². The topological polar surface area (TPSA) is 158 Å². The molecule has 2 aliphatic heterocycles. The third kappa shape index (κ3) is 7.88. The van der Waals surface area contributed by atoms with E-state index in [1.807, 2.05) is 38.6 Å². The zero-order valence-corrected chi connectivity index (χ0v) is 28.2. The average Bonchev–Trinajstić information content (AvgIpc) is 3.78. The first-order valence-electron chi connectivity index (χ1n) is 16.7. The number of aromatic nitrogens is 10. The molecule has 0 aromatic carbocycles. The molecule has 8 heterocycles. The molecule has 6 aromatic rings. The summed E-state index contributed by atoms with van der Waals surface area (Å²) in [6.45, 7) is 1.79. The Morgan fingerprint density at radius 2 is 1.47 bits per heavy atom. The lowest BCUT2D eigenvalue weighted by Crippen LogP contribution is -2.47. The van der Waals surface area contributed by atoms with Crippen LogP contribution in [0.5, 0.6) is 5.88 Å². The molecular formula is C34H38F3N13O. The van der Waals surface area contributed by atoms with Gasteiger partial charge in [0.25, 0.3) is 5.92 Å². The molecule has 0 saturated carbocycles. The van der Waals surface area contributed by atoms with E-state index in [0.717, 1.165) is 24.1 Å². The maximum Gasteiger partial charge on any atom is 0.255 e. The van der Waals surface area contributed by atoms with E-state index >= 15 is 0 Å². The number of ether oxygens (including phenoxy) is 1. The van der Waals surface area contributed by atoms with Crippen molar-refractivity contribution in [3.8, 4) is 28.4 Å². The Morgan fingerprint density at radius 1 is 0.824 bits per heavy atom. The smallest absolute Gasteiger partial charge is 0.255 e. The van der Waals surface area contributed by atoms with Gasteiger partial charge in [-0.2, -0.15) is 10.2 Å². The number of fused-ring (bicyclic) bond motifs is 2. The number of halogens is 3. The van der Waals surface area contributed by atoms with Crippen LogP contribution in [0, 0.1) is 5.92 Å². The Morgan fingerprint density at radius 3 is 2.10 bits per heavy atom. The molecule has 266 valence electrons. The largest absolute Gasteiger partial charge is 0.473 e. The monoisotopic (exact) mass is 701 g/mol. The van der Waals surface area contributed by atoms with Crippen LogP contribution in [0.15, 0.2) is 61.7 Å². The summed E-state index contributed by atoms with van der Waals surface area (Å²) >= 11 is 0. The average molecular weight is 702 g/mol. The number of rotatable bonds is 8. The van der Waals surface area contributed by atoms with Crippen molar-refractivity contribution in [1.29, 1.82) is 0 Å². The van der Waals surface area contributed by atoms with Gasteiger partial charge in [0.1, 0.15) is 12.1 Å². The van der Waals surface area contributed by atoms with Crippen LogP contribution < -0.4 is 20.7 Å². The number of piperidine rings is 2. The van der Waals surface area contributed by atoms with Gasteiger partial charge in [0.15, 0.2) is 17.0 Å². The van der Waals surface area contributed by atoms with E-state index < -0.39 is 17.5 Å². The predicted molar refractivity (Wildman–Crippen MR) is 185 cm³/mol. The van der Waals surface area contributed by atoms with E-state index in [1.54, 1.807) is 46.5 Å². The lowest BCUT2D eigenvalue weighted by atomic mass is 9.95. The zero-order chi connectivity index (χ0) is 35.4. The molecule has 0 radical (unpaired) electrons. The Labute approximate surface area is 291 Å². The van der Waals surface area contributed by atoms with Gasteiger partial charge in [-0.1, -0.05) is 0 Å². The summed E-state index contributed by atoms with van der Waals surface area (Å²) in [6.07, 6.45) is 14.6. The SMILES string of the molecule is Cn1cc(-c2cc3nccnc3c(NCC3CNCCC3(F)F)n2)cn1.Cn1cc(-c2cc3nccnc3c(OCC3(F)CCCNC3)n2)cn1. The molecule has 0 spiro atoms. The summed E-state index contributed by atoms with van der Waals surface area (Å²) in [5.74, 6) is -2.74. The summed E-state index contributed by atoms with van der Waals surface area (Å²) in [7, 11) is 3.66. The third-order valence-corrected chi connectivity index (χ3v) is 8.91. The number of hydrogen-bond donors (Lipinski definition) is 3. The lowest BCUT2D eigenvalue weighted by molar-refractivity contribution is -0.0728. The second-order valence-corrected chi connectivity index (χ2v) is 12.8. The summed E-state index contributed by atoms with van der Waals surface area (Å²) in [4.78, 5) is 26.4. The quantitative estimate of drug-likeness (QED) is 0.210. The molecule has 0 amide bonds. The Balaban J connectivity index is 0.000000159. The number of pyridine rings is 2. The number of anilines is 1. The first-order chi connectivity index (χ1) is 24.7. The van der Waals surface area contributed by atoms with Crippen molar-refractivity contribution in [3.05, 3.63) is 61.7 Å². The van der Waals surface area contributed by atoms with Crippen LogP contribution in [0.25, 0.3) is 44.6 Å². The summed E-state index contributed by atoms with van der Waals surface area (Å²) in [5, 5.41) is 17.5. The number of aryl methyl sites for hydroxylation is 2. The van der Waals surface area contributed by atoms with E-state index in [0.29, 0.717) is 64.7 Å². The number of alkyl halides is 3. The molecule has 8 rings (SSSR count). The zero-order valence-electron chi connectivity index (χ0n) is 28.2. The second kappa shape index (κ2) is 14.5. The predicted octanol–water partition coefficient (Wildman–Crippen LogP) is 3.98. The highest BCUT2D eigenvalue weighted by Gasteiger charge is 2.41. The van der Waals surface area contributed by atoms with Crippen LogP contribution in [0.2, 0.25) is 0 Å². The van der Waals surface area contributed by atoms with Crippen LogP contribution >= 0.6 is 0 Å². The summed E-state index contributed by atoms with van der Waals surface area (Å²) in [5.41, 5.74) is 4.02. The highest BCUT2D eigenvalue weighted by molar-refractivity contribution is 5.88. The summed E-state index contributed by atoms with van der Waals surface area (Å²) in [6, 6.07) is 3.65. The van der Waals surface area contributed by atoms with Gasteiger partial charge >= 0.3 is 0 Å². The number of nitrogens with zero attached hydrogens (tertiary/aromatic N) is 10. The van der Waals surface area contributed by atoms with Crippen molar-refractivity contribution in [2.24, 2.45) is 20.0 Å². The summed E-state index contributed by atoms with van der Waals surface area (Å²) < 4.78 is 52.2. The third-order valence-electron chi connectivity index (χ3n) is 8.91. The fourth-order valence-electron chi connectivity index (χ4n) is 6.12. The number of hydrogen-bond acceptors (Lipinski definition) is 12. The van der Waals surface area contributed by atoms with E-state index in [1.165, 1.54) is 0 Å². The number of nitrogens with one attached hydrogen (secondary N) is 3. The molecule has 2 aliphatic rings. The first-order valence-corrected chi connectivity index (χ1v) is 16.7. The molecule has 2 atom stereocenters. The lowest BCUT2D eigenvalue weighted by Gasteiger charge is -2.32. The van der Waals surface area contributed by atoms with Gasteiger partial charge in [0, 0.05) is 95.0 Å². The second-order valence-electron chi connectivity index (χ2n) is 12.8. The highest BCUT2D eigenvalue weighted by Crippen LogP contribution is 2.32. The minimum absolute atomic E-state index is 0.0603. The van der Waals surface area contributed by atoms with Crippen LogP contribution in [0.4, 0.5) is 19.0 Å². The molecule has 0 bridgehead atoms. The molecule has 0 aliphatic carbocycles. The van der Waals surface area contributed by atoms with Gasteiger partial charge in [0.2, 0.25) is 5.88 Å². The van der Waals surface area contributed by atoms with Crippen molar-refractivity contribution in [2.45, 2.75) is 30.9 Å². The fraction of sp³-hybridized carbons (Fsp3) is 0.412. The molecule has 17 heteroatoms. The molecule has 51 heavy (non-hydrogen) atoms. The highest BCUT2D eigenvalue weighted by atomic mass is 19.3. The van der Waals surface area contributed by atoms with E-state index in [4.69, 9.17) is 4.74 Å². The van der Waals surface area contributed by atoms with Crippen LogP contribution in [0.1, 0.15) is 19.3 Å². The van der Waals surface area contributed by atoms with Crippen molar-refractivity contribution < 1.29 is 17.9 Å². The van der Waals surface area contributed by atoms with Crippen molar-refractivity contribution in [3.63, 3.8) is 0 Å². The van der Waals surface area contributed by atoms with Crippen molar-refractivity contribution >= 4 is 27.9 Å². The van der Waals surface area contributed by atoms with Gasteiger partial charge < -0.3 is 20.7 Å². The molecule has 3 N–H and O–H groups in total. The van der Waals surface area contributed by atoms with Gasteiger partial charge in [-0.3, -0.25) is 19.3 Å². The molecule has 6 aromatic heterocycles. The normalized spacial score (nSPS) is 20.1. The van der Waals surface area contributed by atoms with Crippen LogP contribution in [0.3, 0.4) is 0 Å². The van der Waals surface area contributed by atoms with E-state index in [9.17, 15) is 13.2 Å². The van der Waals surface area contributed by atoms with Gasteiger partial charge in [-0.25, -0.2) is 33.1 Å². The van der Waals surface area contributed by atoms with Crippen LogP contribution in [-0.2, 0) is 14.1 Å².